The molecule has 2 heterocycles. The van der Waals surface area contributed by atoms with Crippen LogP contribution in [0.3, 0.4) is 0 Å². The molecular weight excluding hydrogens is 439 g/mol. The molecule has 0 radical (unpaired) electrons. The van der Waals surface area contributed by atoms with Crippen molar-refractivity contribution in [3.63, 3.8) is 0 Å². The summed E-state index contributed by atoms with van der Waals surface area (Å²) in [5.74, 6) is 0.462. The van der Waals surface area contributed by atoms with E-state index in [9.17, 15) is 15.0 Å². The molecule has 8 heteroatoms. The number of aliphatic hydroxyl groups is 2. The minimum Gasteiger partial charge on any atom is -0.454 e. The van der Waals surface area contributed by atoms with Gasteiger partial charge >= 0.3 is 0 Å². The van der Waals surface area contributed by atoms with Crippen LogP contribution >= 0.6 is 0 Å². The van der Waals surface area contributed by atoms with Crippen LogP contribution in [-0.4, -0.2) is 40.2 Å². The third-order valence-corrected chi connectivity index (χ3v) is 6.72. The molecule has 0 saturated heterocycles. The van der Waals surface area contributed by atoms with E-state index in [-0.39, 0.29) is 37.0 Å². The number of hydrogen-bond acceptors (Lipinski definition) is 5. The van der Waals surface area contributed by atoms with Gasteiger partial charge < -0.3 is 29.6 Å². The van der Waals surface area contributed by atoms with Crippen LogP contribution in [0.1, 0.15) is 44.9 Å². The van der Waals surface area contributed by atoms with Gasteiger partial charge in [-0.2, -0.15) is 0 Å². The first-order chi connectivity index (χ1) is 16.1. The number of anilines is 1. The van der Waals surface area contributed by atoms with E-state index in [1.54, 1.807) is 12.1 Å². The van der Waals surface area contributed by atoms with Gasteiger partial charge in [-0.15, -0.1) is 0 Å². The largest absolute Gasteiger partial charge is 0.454 e. The smallest absolute Gasteiger partial charge is 0.235 e. The number of rotatable bonds is 6. The van der Waals surface area contributed by atoms with Crippen molar-refractivity contribution in [2.24, 2.45) is 0 Å². The maximum atomic E-state index is 15.2. The zero-order chi connectivity index (χ0) is 24.3. The molecule has 3 aromatic rings. The van der Waals surface area contributed by atoms with Crippen molar-refractivity contribution in [2.45, 2.75) is 57.1 Å². The van der Waals surface area contributed by atoms with Crippen molar-refractivity contribution >= 4 is 22.5 Å². The molecule has 1 saturated carbocycles. The monoisotopic (exact) mass is 468 g/mol. The zero-order valence-electron chi connectivity index (χ0n) is 19.5. The second-order valence-electron chi connectivity index (χ2n) is 10.2. The molecule has 1 fully saturated rings. The Balaban J connectivity index is 1.47. The number of benzene rings is 2. The zero-order valence-corrected chi connectivity index (χ0v) is 19.5. The number of amides is 1. The Morgan fingerprint density at radius 3 is 2.59 bits per heavy atom. The van der Waals surface area contributed by atoms with Gasteiger partial charge in [0.1, 0.15) is 5.82 Å². The average Bonchev–Trinajstić information content (AvgIpc) is 3.35. The van der Waals surface area contributed by atoms with E-state index in [0.29, 0.717) is 29.9 Å². The Hall–Kier alpha value is -3.10. The van der Waals surface area contributed by atoms with Crippen LogP contribution in [-0.2, 0) is 22.2 Å². The van der Waals surface area contributed by atoms with Crippen LogP contribution in [0.2, 0.25) is 0 Å². The van der Waals surface area contributed by atoms with Crippen LogP contribution in [0, 0.1) is 5.82 Å². The maximum Gasteiger partial charge on any atom is 0.235 e. The fourth-order valence-electron chi connectivity index (χ4n) is 4.67. The van der Waals surface area contributed by atoms with Gasteiger partial charge in [-0.1, -0.05) is 26.8 Å². The minimum atomic E-state index is -0.962. The summed E-state index contributed by atoms with van der Waals surface area (Å²) in [5.41, 5.74) is 1.46. The Morgan fingerprint density at radius 2 is 1.91 bits per heavy atom. The van der Waals surface area contributed by atoms with E-state index in [4.69, 9.17) is 9.47 Å². The molecule has 1 atom stereocenters. The molecular formula is C26H29FN2O5. The number of hydrogen-bond donors (Lipinski definition) is 3. The predicted octanol–water partition coefficient (Wildman–Crippen LogP) is 3.83. The quantitative estimate of drug-likeness (QED) is 0.511. The Morgan fingerprint density at radius 1 is 1.18 bits per heavy atom. The molecule has 0 bridgehead atoms. The highest BCUT2D eigenvalue weighted by Crippen LogP contribution is 2.51. The summed E-state index contributed by atoms with van der Waals surface area (Å²) in [6, 6.07) is 10.5. The third kappa shape index (κ3) is 3.80. The number of halogens is 1. The maximum absolute atomic E-state index is 15.2. The minimum absolute atomic E-state index is 0.116. The van der Waals surface area contributed by atoms with Crippen molar-refractivity contribution in [3.05, 3.63) is 53.5 Å². The summed E-state index contributed by atoms with van der Waals surface area (Å²) in [6.07, 6.45) is 0.383. The fourth-order valence-corrected chi connectivity index (χ4v) is 4.67. The van der Waals surface area contributed by atoms with Gasteiger partial charge in [-0.05, 0) is 42.7 Å². The number of nitrogens with zero attached hydrogens (tertiary/aromatic N) is 1. The molecule has 180 valence electrons. The van der Waals surface area contributed by atoms with Crippen molar-refractivity contribution in [1.82, 2.24) is 4.57 Å². The van der Waals surface area contributed by atoms with Gasteiger partial charge in [-0.3, -0.25) is 4.79 Å². The number of carbonyl (C=O) groups excluding carboxylic acids is 1. The van der Waals surface area contributed by atoms with E-state index in [0.717, 1.165) is 16.6 Å². The van der Waals surface area contributed by atoms with Gasteiger partial charge in [0.15, 0.2) is 11.5 Å². The molecule has 1 aliphatic heterocycles. The summed E-state index contributed by atoms with van der Waals surface area (Å²) < 4.78 is 27.8. The van der Waals surface area contributed by atoms with Crippen LogP contribution in [0.15, 0.2) is 36.4 Å². The lowest BCUT2D eigenvalue weighted by molar-refractivity contribution is -0.118. The van der Waals surface area contributed by atoms with E-state index < -0.39 is 17.3 Å². The number of aliphatic hydroxyl groups excluding tert-OH is 2. The first-order valence-corrected chi connectivity index (χ1v) is 11.5. The van der Waals surface area contributed by atoms with Crippen molar-refractivity contribution in [2.75, 3.05) is 18.7 Å². The SMILES string of the molecule is CC(C)(C)c1cc2cc(NC(=O)C3(c4ccc5c(c4)OCO5)CC3)c(F)cc2n1C[C@@H](O)CO. The lowest BCUT2D eigenvalue weighted by Crippen LogP contribution is -2.28. The van der Waals surface area contributed by atoms with E-state index >= 15 is 4.39 Å². The highest BCUT2D eigenvalue weighted by atomic mass is 19.1. The number of aromatic nitrogens is 1. The molecule has 1 aliphatic carbocycles. The van der Waals surface area contributed by atoms with Crippen LogP contribution in [0.25, 0.3) is 10.9 Å². The Labute approximate surface area is 197 Å². The van der Waals surface area contributed by atoms with E-state index in [1.807, 2.05) is 43.5 Å². The second-order valence-corrected chi connectivity index (χ2v) is 10.2. The Bertz CT molecular complexity index is 1270. The highest BCUT2D eigenvalue weighted by Gasteiger charge is 2.52. The molecule has 0 unspecified atom stereocenters. The molecule has 7 nitrogen and oxygen atoms in total. The summed E-state index contributed by atoms with van der Waals surface area (Å²) in [7, 11) is 0. The van der Waals surface area contributed by atoms with Gasteiger partial charge in [0, 0.05) is 22.6 Å². The summed E-state index contributed by atoms with van der Waals surface area (Å²) in [5, 5.41) is 22.9. The molecule has 34 heavy (non-hydrogen) atoms. The van der Waals surface area contributed by atoms with Crippen LogP contribution < -0.4 is 14.8 Å². The van der Waals surface area contributed by atoms with Crippen LogP contribution in [0.4, 0.5) is 10.1 Å². The van der Waals surface area contributed by atoms with E-state index in [1.165, 1.54) is 6.07 Å². The number of fused-ring (bicyclic) bond motifs is 2. The lowest BCUT2D eigenvalue weighted by Gasteiger charge is -2.23. The van der Waals surface area contributed by atoms with Crippen molar-refractivity contribution in [1.29, 1.82) is 0 Å². The third-order valence-electron chi connectivity index (χ3n) is 6.72. The van der Waals surface area contributed by atoms with Gasteiger partial charge in [0.05, 0.1) is 35.9 Å². The van der Waals surface area contributed by atoms with Gasteiger partial charge in [-0.25, -0.2) is 4.39 Å². The lowest BCUT2D eigenvalue weighted by atomic mass is 9.92. The molecule has 1 amide bonds. The number of carbonyl (C=O) groups is 1. The highest BCUT2D eigenvalue weighted by molar-refractivity contribution is 6.02. The molecule has 1 aromatic heterocycles. The fraction of sp³-hybridized carbons (Fsp3) is 0.423. The van der Waals surface area contributed by atoms with Crippen molar-refractivity contribution < 1.29 is 28.9 Å². The number of ether oxygens (including phenoxy) is 2. The molecule has 2 aromatic carbocycles. The first-order valence-electron chi connectivity index (χ1n) is 11.5. The normalized spacial score (nSPS) is 17.1. The van der Waals surface area contributed by atoms with Gasteiger partial charge in [0.2, 0.25) is 12.7 Å². The number of nitrogens with one attached hydrogen (secondary N) is 1. The molecule has 2 aliphatic rings. The summed E-state index contributed by atoms with van der Waals surface area (Å²) >= 11 is 0. The standard InChI is InChI=1S/C26H29FN2O5/c1-25(2,3)23-9-15-8-19(18(27)11-20(15)29(23)12-17(31)13-30)28-24(32)26(6-7-26)16-4-5-21-22(10-16)34-14-33-21/h4-5,8-11,17,30-31H,6-7,12-14H2,1-3H3,(H,28,32)/t17-/m1/s1. The van der Waals surface area contributed by atoms with Crippen molar-refractivity contribution in [3.8, 4) is 11.5 Å². The topological polar surface area (TPSA) is 93.0 Å². The first kappa shape index (κ1) is 22.7. The van der Waals surface area contributed by atoms with E-state index in [2.05, 4.69) is 5.32 Å². The second kappa shape index (κ2) is 7.99. The summed E-state index contributed by atoms with van der Waals surface area (Å²) in [6.45, 7) is 6.01. The average molecular weight is 469 g/mol. The molecule has 3 N–H and O–H groups in total. The Kier molecular flexibility index (Phi) is 5.33. The summed E-state index contributed by atoms with van der Waals surface area (Å²) in [4.78, 5) is 13.3. The van der Waals surface area contributed by atoms with Gasteiger partial charge in [0.25, 0.3) is 0 Å². The predicted molar refractivity (Wildman–Crippen MR) is 126 cm³/mol. The van der Waals surface area contributed by atoms with Crippen LogP contribution in [0.5, 0.6) is 11.5 Å². The molecule has 5 rings (SSSR count). The molecule has 0 spiro atoms.